The lowest BCUT2D eigenvalue weighted by Gasteiger charge is -2.34. The fourth-order valence-electron chi connectivity index (χ4n) is 2.63. The Morgan fingerprint density at radius 2 is 2.40 bits per heavy atom. The zero-order valence-electron chi connectivity index (χ0n) is 11.9. The summed E-state index contributed by atoms with van der Waals surface area (Å²) in [5.74, 6) is 0.731. The number of ether oxygens (including phenoxy) is 1. The third-order valence-electron chi connectivity index (χ3n) is 3.97. The van der Waals surface area contributed by atoms with Crippen molar-refractivity contribution < 1.29 is 9.53 Å². The number of carbonyl (C=O) groups is 1. The van der Waals surface area contributed by atoms with E-state index in [-0.39, 0.29) is 12.0 Å². The smallest absolute Gasteiger partial charge is 0.257 e. The third-order valence-corrected chi connectivity index (χ3v) is 3.97. The average Bonchev–Trinajstić information content (AvgIpc) is 3.08. The van der Waals surface area contributed by atoms with Crippen molar-refractivity contribution >= 4 is 5.91 Å². The van der Waals surface area contributed by atoms with Crippen molar-refractivity contribution in [2.45, 2.75) is 18.9 Å². The van der Waals surface area contributed by atoms with E-state index in [1.165, 1.54) is 12.8 Å². The van der Waals surface area contributed by atoms with Crippen molar-refractivity contribution in [3.8, 4) is 0 Å². The summed E-state index contributed by atoms with van der Waals surface area (Å²) in [5.41, 5.74) is 0.634. The standard InChI is InChI=1S/C14H22N4O2/c1-17-4-5-20-13(9-17)10-18(8-11-2-3-11)14(19)12-6-15-16-7-12/h6-7,11,13H,2-5,8-10H2,1H3,(H,15,16)/t13-/m0/s1. The van der Waals surface area contributed by atoms with Gasteiger partial charge in [0.1, 0.15) is 0 Å². The minimum Gasteiger partial charge on any atom is -0.374 e. The van der Waals surface area contributed by atoms with Gasteiger partial charge in [0.15, 0.2) is 0 Å². The van der Waals surface area contributed by atoms with Crippen molar-refractivity contribution in [3.63, 3.8) is 0 Å². The second-order valence-corrected chi connectivity index (χ2v) is 5.90. The van der Waals surface area contributed by atoms with Crippen LogP contribution in [-0.2, 0) is 4.74 Å². The first-order valence-electron chi connectivity index (χ1n) is 7.30. The van der Waals surface area contributed by atoms with Crippen molar-refractivity contribution in [2.24, 2.45) is 5.92 Å². The number of hydrogen-bond acceptors (Lipinski definition) is 4. The van der Waals surface area contributed by atoms with E-state index in [0.717, 1.165) is 26.2 Å². The number of hydrogen-bond donors (Lipinski definition) is 1. The lowest BCUT2D eigenvalue weighted by atomic mass is 10.2. The number of rotatable bonds is 5. The first-order chi connectivity index (χ1) is 9.72. The van der Waals surface area contributed by atoms with Crippen molar-refractivity contribution in [2.75, 3.05) is 39.8 Å². The molecule has 3 rings (SSSR count). The molecule has 1 aromatic rings. The molecular weight excluding hydrogens is 256 g/mol. The molecule has 1 saturated carbocycles. The summed E-state index contributed by atoms with van der Waals surface area (Å²) in [5, 5.41) is 6.58. The van der Waals surface area contributed by atoms with Gasteiger partial charge in [0.25, 0.3) is 5.91 Å². The van der Waals surface area contributed by atoms with Gasteiger partial charge in [0, 0.05) is 32.4 Å². The fraction of sp³-hybridized carbons (Fsp3) is 0.714. The van der Waals surface area contributed by atoms with Gasteiger partial charge in [0.05, 0.1) is 24.5 Å². The van der Waals surface area contributed by atoms with E-state index >= 15 is 0 Å². The average molecular weight is 278 g/mol. The maximum Gasteiger partial charge on any atom is 0.257 e. The Morgan fingerprint density at radius 3 is 3.05 bits per heavy atom. The highest BCUT2D eigenvalue weighted by Gasteiger charge is 2.30. The monoisotopic (exact) mass is 278 g/mol. The maximum atomic E-state index is 12.5. The minimum absolute atomic E-state index is 0.0578. The van der Waals surface area contributed by atoms with E-state index in [9.17, 15) is 4.79 Å². The molecule has 1 aliphatic heterocycles. The highest BCUT2D eigenvalue weighted by molar-refractivity contribution is 5.93. The van der Waals surface area contributed by atoms with E-state index < -0.39 is 0 Å². The summed E-state index contributed by atoms with van der Waals surface area (Å²) >= 11 is 0. The second kappa shape index (κ2) is 5.93. The zero-order valence-corrected chi connectivity index (χ0v) is 11.9. The molecule has 1 amide bonds. The number of likely N-dealkylation sites (N-methyl/N-ethyl adjacent to an activating group) is 1. The van der Waals surface area contributed by atoms with Gasteiger partial charge >= 0.3 is 0 Å². The number of amides is 1. The van der Waals surface area contributed by atoms with Gasteiger partial charge in [-0.1, -0.05) is 0 Å². The van der Waals surface area contributed by atoms with E-state index in [0.29, 0.717) is 18.0 Å². The number of H-pyrrole nitrogens is 1. The molecule has 20 heavy (non-hydrogen) atoms. The van der Waals surface area contributed by atoms with Crippen LogP contribution in [0.1, 0.15) is 23.2 Å². The lowest BCUT2D eigenvalue weighted by molar-refractivity contribution is -0.0331. The number of carbonyl (C=O) groups excluding carboxylic acids is 1. The molecule has 1 N–H and O–H groups in total. The van der Waals surface area contributed by atoms with Crippen LogP contribution < -0.4 is 0 Å². The Balaban J connectivity index is 1.64. The van der Waals surface area contributed by atoms with Gasteiger partial charge in [-0.2, -0.15) is 5.10 Å². The zero-order chi connectivity index (χ0) is 13.9. The van der Waals surface area contributed by atoms with Crippen LogP contribution in [0, 0.1) is 5.92 Å². The summed E-state index contributed by atoms with van der Waals surface area (Å²) in [4.78, 5) is 16.7. The summed E-state index contributed by atoms with van der Waals surface area (Å²) in [6, 6.07) is 0. The molecule has 0 aromatic carbocycles. The molecular formula is C14H22N4O2. The van der Waals surface area contributed by atoms with Crippen molar-refractivity contribution in [1.29, 1.82) is 0 Å². The van der Waals surface area contributed by atoms with Crippen LogP contribution in [0.3, 0.4) is 0 Å². The molecule has 0 bridgehead atoms. The van der Waals surface area contributed by atoms with Gasteiger partial charge in [0.2, 0.25) is 0 Å². The predicted octanol–water partition coefficient (Wildman–Crippen LogP) is 0.593. The molecule has 1 aliphatic carbocycles. The van der Waals surface area contributed by atoms with Crippen LogP contribution in [0.25, 0.3) is 0 Å². The van der Waals surface area contributed by atoms with Crippen LogP contribution in [-0.4, -0.2) is 71.8 Å². The van der Waals surface area contributed by atoms with Crippen LogP contribution in [0.2, 0.25) is 0 Å². The lowest BCUT2D eigenvalue weighted by Crippen LogP contribution is -2.48. The van der Waals surface area contributed by atoms with Gasteiger partial charge in [-0.25, -0.2) is 0 Å². The van der Waals surface area contributed by atoms with Gasteiger partial charge in [-0.3, -0.25) is 9.89 Å². The molecule has 1 saturated heterocycles. The molecule has 2 aliphatic rings. The molecule has 0 radical (unpaired) electrons. The molecule has 6 heteroatoms. The number of aromatic amines is 1. The molecule has 6 nitrogen and oxygen atoms in total. The largest absolute Gasteiger partial charge is 0.374 e. The molecule has 1 atom stereocenters. The molecule has 0 unspecified atom stereocenters. The Hall–Kier alpha value is -1.40. The highest BCUT2D eigenvalue weighted by Crippen LogP contribution is 2.30. The topological polar surface area (TPSA) is 61.5 Å². The van der Waals surface area contributed by atoms with Gasteiger partial charge in [-0.05, 0) is 25.8 Å². The quantitative estimate of drug-likeness (QED) is 0.856. The predicted molar refractivity (Wildman–Crippen MR) is 74.5 cm³/mol. The van der Waals surface area contributed by atoms with Crippen molar-refractivity contribution in [1.82, 2.24) is 20.0 Å². The van der Waals surface area contributed by atoms with E-state index in [4.69, 9.17) is 4.74 Å². The minimum atomic E-state index is 0.0578. The number of nitrogens with one attached hydrogen (secondary N) is 1. The first-order valence-corrected chi connectivity index (χ1v) is 7.30. The van der Waals surface area contributed by atoms with Crippen molar-refractivity contribution in [3.05, 3.63) is 18.0 Å². The molecule has 2 heterocycles. The van der Waals surface area contributed by atoms with Crippen LogP contribution >= 0.6 is 0 Å². The van der Waals surface area contributed by atoms with Crippen LogP contribution in [0.5, 0.6) is 0 Å². The van der Waals surface area contributed by atoms with Gasteiger partial charge < -0.3 is 14.5 Å². The molecule has 0 spiro atoms. The first kappa shape index (κ1) is 13.6. The second-order valence-electron chi connectivity index (χ2n) is 5.90. The fourth-order valence-corrected chi connectivity index (χ4v) is 2.63. The van der Waals surface area contributed by atoms with E-state index in [2.05, 4.69) is 22.1 Å². The van der Waals surface area contributed by atoms with Crippen LogP contribution in [0.15, 0.2) is 12.4 Å². The normalized spacial score (nSPS) is 23.8. The summed E-state index contributed by atoms with van der Waals surface area (Å²) in [6.07, 6.45) is 5.84. The third kappa shape index (κ3) is 3.37. The Kier molecular flexibility index (Phi) is 4.03. The number of aromatic nitrogens is 2. The van der Waals surface area contributed by atoms with Crippen LogP contribution in [0.4, 0.5) is 0 Å². The number of morpholine rings is 1. The molecule has 1 aromatic heterocycles. The maximum absolute atomic E-state index is 12.5. The number of nitrogens with zero attached hydrogens (tertiary/aromatic N) is 3. The Labute approximate surface area is 119 Å². The summed E-state index contributed by atoms with van der Waals surface area (Å²) < 4.78 is 5.79. The Morgan fingerprint density at radius 1 is 1.55 bits per heavy atom. The highest BCUT2D eigenvalue weighted by atomic mass is 16.5. The summed E-state index contributed by atoms with van der Waals surface area (Å²) in [7, 11) is 2.10. The Bertz CT molecular complexity index is 444. The van der Waals surface area contributed by atoms with E-state index in [1.54, 1.807) is 12.4 Å². The summed E-state index contributed by atoms with van der Waals surface area (Å²) in [6.45, 7) is 4.12. The molecule has 2 fully saturated rings. The van der Waals surface area contributed by atoms with Gasteiger partial charge in [-0.15, -0.1) is 0 Å². The molecule has 110 valence electrons. The van der Waals surface area contributed by atoms with E-state index in [1.807, 2.05) is 4.90 Å². The SMILES string of the molecule is CN1CCO[C@H](CN(CC2CC2)C(=O)c2cn[nH]c2)C1.